The first-order chi connectivity index (χ1) is 15.8. The Morgan fingerprint density at radius 1 is 0.970 bits per heavy atom. The normalized spacial score (nSPS) is 14.0. The molecule has 1 aliphatic rings. The molecule has 0 aromatic heterocycles. The molecule has 1 heterocycles. The van der Waals surface area contributed by atoms with E-state index in [9.17, 15) is 25.0 Å². The van der Waals surface area contributed by atoms with Gasteiger partial charge in [0.05, 0.1) is 26.5 Å². The Morgan fingerprint density at radius 2 is 1.70 bits per heavy atom. The third kappa shape index (κ3) is 4.70. The topological polar surface area (TPSA) is 134 Å². The summed E-state index contributed by atoms with van der Waals surface area (Å²) in [5, 5.41) is 22.5. The highest BCUT2D eigenvalue weighted by Gasteiger charge is 2.25. The zero-order chi connectivity index (χ0) is 23.5. The number of nitro groups is 2. The first kappa shape index (κ1) is 21.7. The number of nitro benzene ring substituents is 2. The second kappa shape index (κ2) is 8.89. The summed E-state index contributed by atoms with van der Waals surface area (Å²) in [6.07, 6.45) is 1.50. The number of benzene rings is 3. The lowest BCUT2D eigenvalue weighted by Crippen LogP contribution is -2.05. The number of carbonyl (C=O) groups is 1. The third-order valence-electron chi connectivity index (χ3n) is 4.49. The van der Waals surface area contributed by atoms with Gasteiger partial charge >= 0.3 is 11.7 Å². The molecule has 0 unspecified atom stereocenters. The van der Waals surface area contributed by atoms with Crippen molar-refractivity contribution < 1.29 is 24.1 Å². The lowest BCUT2D eigenvalue weighted by molar-refractivity contribution is -0.394. The van der Waals surface area contributed by atoms with Gasteiger partial charge < -0.3 is 9.47 Å². The van der Waals surface area contributed by atoms with Crippen LogP contribution in [0.25, 0.3) is 6.08 Å². The summed E-state index contributed by atoms with van der Waals surface area (Å²) in [5.74, 6) is -0.428. The minimum atomic E-state index is -0.762. The number of aliphatic imine (C=N–C) groups is 1. The second-order valence-corrected chi connectivity index (χ2v) is 7.06. The van der Waals surface area contributed by atoms with Crippen LogP contribution < -0.4 is 4.74 Å². The molecule has 0 bridgehead atoms. The van der Waals surface area contributed by atoms with Gasteiger partial charge in [0, 0.05) is 6.07 Å². The highest BCUT2D eigenvalue weighted by molar-refractivity contribution is 6.34. The Morgan fingerprint density at radius 3 is 2.36 bits per heavy atom. The molecular weight excluding hydrogens is 454 g/mol. The quantitative estimate of drug-likeness (QED) is 0.209. The summed E-state index contributed by atoms with van der Waals surface area (Å²) in [6, 6.07) is 16.2. The van der Waals surface area contributed by atoms with Gasteiger partial charge in [0.25, 0.3) is 5.69 Å². The number of hydrogen-bond donors (Lipinski definition) is 0. The van der Waals surface area contributed by atoms with Crippen LogP contribution in [0.3, 0.4) is 0 Å². The Hall–Kier alpha value is -4.57. The van der Waals surface area contributed by atoms with Crippen molar-refractivity contribution in [3.8, 4) is 11.5 Å². The standard InChI is InChI=1S/C22H12ClN3O7/c23-17-4-2-1-3-16(17)21-24-18(22(27)33-21)11-13-5-8-15(9-6-13)32-20-10-7-14(25(28)29)12-19(20)26(30)31/h1-12H/b18-11-. The summed E-state index contributed by atoms with van der Waals surface area (Å²) in [7, 11) is 0. The van der Waals surface area contributed by atoms with Gasteiger partial charge in [0.2, 0.25) is 11.6 Å². The fourth-order valence-corrected chi connectivity index (χ4v) is 3.14. The van der Waals surface area contributed by atoms with Gasteiger partial charge in [-0.05, 0) is 42.0 Å². The molecule has 0 radical (unpaired) electrons. The number of ether oxygens (including phenoxy) is 2. The van der Waals surface area contributed by atoms with E-state index < -0.39 is 27.2 Å². The Bertz CT molecular complexity index is 1350. The molecule has 0 saturated heterocycles. The summed E-state index contributed by atoms with van der Waals surface area (Å²) in [4.78, 5) is 37.0. The van der Waals surface area contributed by atoms with Gasteiger partial charge in [-0.15, -0.1) is 0 Å². The van der Waals surface area contributed by atoms with E-state index in [4.69, 9.17) is 21.1 Å². The van der Waals surface area contributed by atoms with Crippen molar-refractivity contribution in [2.45, 2.75) is 0 Å². The number of carbonyl (C=O) groups excluding carboxylic acids is 1. The maximum Gasteiger partial charge on any atom is 0.363 e. The first-order valence-corrected chi connectivity index (χ1v) is 9.68. The number of rotatable bonds is 6. The molecule has 0 saturated carbocycles. The summed E-state index contributed by atoms with van der Waals surface area (Å²) < 4.78 is 10.7. The largest absolute Gasteiger partial charge is 0.450 e. The van der Waals surface area contributed by atoms with E-state index in [2.05, 4.69) is 4.99 Å². The fourth-order valence-electron chi connectivity index (χ4n) is 2.92. The zero-order valence-corrected chi connectivity index (χ0v) is 17.3. The maximum absolute atomic E-state index is 12.2. The van der Waals surface area contributed by atoms with Crippen LogP contribution in [0.15, 0.2) is 77.4 Å². The van der Waals surface area contributed by atoms with Crippen molar-refractivity contribution in [3.63, 3.8) is 0 Å². The molecule has 0 spiro atoms. The third-order valence-corrected chi connectivity index (χ3v) is 4.82. The van der Waals surface area contributed by atoms with Gasteiger partial charge in [-0.25, -0.2) is 9.79 Å². The first-order valence-electron chi connectivity index (χ1n) is 9.30. The van der Waals surface area contributed by atoms with E-state index in [1.807, 2.05) is 0 Å². The van der Waals surface area contributed by atoms with Crippen LogP contribution in [0.5, 0.6) is 11.5 Å². The summed E-state index contributed by atoms with van der Waals surface area (Å²) >= 11 is 6.12. The molecule has 0 N–H and O–H groups in total. The molecule has 4 rings (SSSR count). The molecule has 3 aromatic rings. The molecule has 0 fully saturated rings. The van der Waals surface area contributed by atoms with Crippen molar-refractivity contribution in [2.24, 2.45) is 4.99 Å². The molecule has 3 aromatic carbocycles. The molecule has 0 amide bonds. The lowest BCUT2D eigenvalue weighted by Gasteiger charge is -2.06. The minimum absolute atomic E-state index is 0.0737. The van der Waals surface area contributed by atoms with Gasteiger partial charge in [0.1, 0.15) is 5.75 Å². The van der Waals surface area contributed by atoms with Crippen molar-refractivity contribution >= 4 is 40.9 Å². The average Bonchev–Trinajstić information content (AvgIpc) is 3.15. The number of nitrogens with zero attached hydrogens (tertiary/aromatic N) is 3. The number of hydrogen-bond acceptors (Lipinski definition) is 8. The number of non-ortho nitro benzene ring substituents is 1. The fraction of sp³-hybridized carbons (Fsp3) is 0. The highest BCUT2D eigenvalue weighted by Crippen LogP contribution is 2.34. The van der Waals surface area contributed by atoms with E-state index in [1.165, 1.54) is 18.2 Å². The molecule has 0 atom stereocenters. The molecule has 11 heteroatoms. The second-order valence-electron chi connectivity index (χ2n) is 6.65. The molecule has 10 nitrogen and oxygen atoms in total. The van der Waals surface area contributed by atoms with Gasteiger partial charge in [-0.3, -0.25) is 20.2 Å². The van der Waals surface area contributed by atoms with Gasteiger partial charge in [-0.2, -0.15) is 0 Å². The van der Waals surface area contributed by atoms with Gasteiger partial charge in [-0.1, -0.05) is 35.9 Å². The summed E-state index contributed by atoms with van der Waals surface area (Å²) in [6.45, 7) is 0. The Balaban J connectivity index is 1.55. The predicted octanol–water partition coefficient (Wildman–Crippen LogP) is 5.29. The summed E-state index contributed by atoms with van der Waals surface area (Å²) in [5.41, 5.74) is 0.201. The molecule has 164 valence electrons. The number of cyclic esters (lactones) is 1. The Kier molecular flexibility index (Phi) is 5.83. The monoisotopic (exact) mass is 465 g/mol. The molecule has 0 aliphatic carbocycles. The molecular formula is C22H12ClN3O7. The zero-order valence-electron chi connectivity index (χ0n) is 16.5. The van der Waals surface area contributed by atoms with Crippen LogP contribution in [0, 0.1) is 20.2 Å². The van der Waals surface area contributed by atoms with Crippen LogP contribution >= 0.6 is 11.6 Å². The lowest BCUT2D eigenvalue weighted by atomic mass is 10.2. The van der Waals surface area contributed by atoms with Crippen LogP contribution in [0.2, 0.25) is 5.02 Å². The smallest absolute Gasteiger partial charge is 0.363 e. The van der Waals surface area contributed by atoms with E-state index in [0.29, 0.717) is 16.1 Å². The average molecular weight is 466 g/mol. The SMILES string of the molecule is O=C1OC(c2ccccc2Cl)=N/C1=C\c1ccc(Oc2ccc([N+](=O)[O-])cc2[N+](=O)[O-])cc1. The predicted molar refractivity (Wildman–Crippen MR) is 118 cm³/mol. The van der Waals surface area contributed by atoms with E-state index in [0.717, 1.165) is 18.2 Å². The van der Waals surface area contributed by atoms with Gasteiger partial charge in [0.15, 0.2) is 5.70 Å². The Labute approximate surface area is 190 Å². The van der Waals surface area contributed by atoms with E-state index in [1.54, 1.807) is 36.4 Å². The van der Waals surface area contributed by atoms with Crippen LogP contribution in [0.1, 0.15) is 11.1 Å². The molecule has 33 heavy (non-hydrogen) atoms. The van der Waals surface area contributed by atoms with Crippen molar-refractivity contribution in [1.29, 1.82) is 0 Å². The van der Waals surface area contributed by atoms with Crippen molar-refractivity contribution in [1.82, 2.24) is 0 Å². The number of halogens is 1. The van der Waals surface area contributed by atoms with E-state index >= 15 is 0 Å². The van der Waals surface area contributed by atoms with E-state index in [-0.39, 0.29) is 23.1 Å². The van der Waals surface area contributed by atoms with Crippen LogP contribution in [-0.4, -0.2) is 21.7 Å². The molecule has 1 aliphatic heterocycles. The van der Waals surface area contributed by atoms with Crippen LogP contribution in [0.4, 0.5) is 11.4 Å². The minimum Gasteiger partial charge on any atom is -0.450 e. The maximum atomic E-state index is 12.2. The number of esters is 1. The highest BCUT2D eigenvalue weighted by atomic mass is 35.5. The van der Waals surface area contributed by atoms with Crippen molar-refractivity contribution in [2.75, 3.05) is 0 Å². The van der Waals surface area contributed by atoms with Crippen LogP contribution in [-0.2, 0) is 9.53 Å². The van der Waals surface area contributed by atoms with Crippen molar-refractivity contribution in [3.05, 3.63) is 109 Å².